The lowest BCUT2D eigenvalue weighted by atomic mass is 9.77. The summed E-state index contributed by atoms with van der Waals surface area (Å²) < 4.78 is 5.14. The van der Waals surface area contributed by atoms with Crippen LogP contribution in [0.3, 0.4) is 0 Å². The summed E-state index contributed by atoms with van der Waals surface area (Å²) in [5.74, 6) is 1.71. The van der Waals surface area contributed by atoms with Crippen molar-refractivity contribution in [2.24, 2.45) is 11.8 Å². The highest BCUT2D eigenvalue weighted by molar-refractivity contribution is 5.26. The van der Waals surface area contributed by atoms with Gasteiger partial charge in [0.25, 0.3) is 0 Å². The van der Waals surface area contributed by atoms with Gasteiger partial charge in [-0.25, -0.2) is 0 Å². The van der Waals surface area contributed by atoms with Crippen molar-refractivity contribution >= 4 is 0 Å². The Labute approximate surface area is 123 Å². The topological polar surface area (TPSA) is 21.3 Å². The molecule has 1 atom stereocenters. The highest BCUT2D eigenvalue weighted by Gasteiger charge is 2.26. The molecule has 2 nitrogen and oxygen atoms in total. The van der Waals surface area contributed by atoms with Gasteiger partial charge in [-0.05, 0) is 49.3 Å². The molecule has 0 bridgehead atoms. The molecule has 1 aromatic rings. The van der Waals surface area contributed by atoms with Crippen molar-refractivity contribution in [2.45, 2.75) is 45.1 Å². The van der Waals surface area contributed by atoms with Crippen LogP contribution in [0.25, 0.3) is 0 Å². The Morgan fingerprint density at radius 2 is 1.80 bits per heavy atom. The quantitative estimate of drug-likeness (QED) is 0.848. The van der Waals surface area contributed by atoms with Crippen LogP contribution in [0.4, 0.5) is 0 Å². The molecule has 0 saturated heterocycles. The van der Waals surface area contributed by atoms with E-state index in [1.807, 2.05) is 0 Å². The van der Waals surface area contributed by atoms with Crippen LogP contribution in [0.1, 0.15) is 49.8 Å². The Bertz CT molecular complexity index is 379. The zero-order valence-corrected chi connectivity index (χ0v) is 13.2. The standard InChI is InChI=1S/C18H29NO/c1-14-4-8-16(9-5-14)18(19-2)17-10-6-15(7-11-17)12-13-20-3/h6-7,10-11,14,16,18-19H,4-5,8-9,12-13H2,1-3H3. The van der Waals surface area contributed by atoms with Crippen LogP contribution in [0, 0.1) is 11.8 Å². The second kappa shape index (κ2) is 7.80. The number of nitrogens with one attached hydrogen (secondary N) is 1. The Morgan fingerprint density at radius 3 is 2.35 bits per heavy atom. The Hall–Kier alpha value is -0.860. The SMILES string of the molecule is CNC(c1ccc(CCOC)cc1)C1CCC(C)CC1. The van der Waals surface area contributed by atoms with Gasteiger partial charge in [0.2, 0.25) is 0 Å². The Balaban J connectivity index is 2.00. The second-order valence-corrected chi connectivity index (χ2v) is 6.27. The van der Waals surface area contributed by atoms with Crippen LogP contribution in [0.5, 0.6) is 0 Å². The Kier molecular flexibility index (Phi) is 6.06. The predicted molar refractivity (Wildman–Crippen MR) is 84.9 cm³/mol. The van der Waals surface area contributed by atoms with E-state index in [1.165, 1.54) is 36.8 Å². The smallest absolute Gasteiger partial charge is 0.0502 e. The van der Waals surface area contributed by atoms with Gasteiger partial charge in [0.15, 0.2) is 0 Å². The van der Waals surface area contributed by atoms with Crippen LogP contribution in [-0.4, -0.2) is 20.8 Å². The van der Waals surface area contributed by atoms with E-state index >= 15 is 0 Å². The summed E-state index contributed by atoms with van der Waals surface area (Å²) in [6.07, 6.45) is 6.49. The molecule has 1 N–H and O–H groups in total. The molecule has 2 rings (SSSR count). The minimum Gasteiger partial charge on any atom is -0.384 e. The molecule has 0 aromatic heterocycles. The monoisotopic (exact) mass is 275 g/mol. The number of methoxy groups -OCH3 is 1. The lowest BCUT2D eigenvalue weighted by Gasteiger charge is -2.33. The molecule has 0 radical (unpaired) electrons. The van der Waals surface area contributed by atoms with Gasteiger partial charge in [0, 0.05) is 13.2 Å². The third kappa shape index (κ3) is 4.07. The van der Waals surface area contributed by atoms with Gasteiger partial charge in [-0.3, -0.25) is 0 Å². The largest absolute Gasteiger partial charge is 0.384 e. The molecule has 1 fully saturated rings. The van der Waals surface area contributed by atoms with Gasteiger partial charge < -0.3 is 10.1 Å². The van der Waals surface area contributed by atoms with Crippen LogP contribution in [0.2, 0.25) is 0 Å². The van der Waals surface area contributed by atoms with E-state index in [0.29, 0.717) is 6.04 Å². The van der Waals surface area contributed by atoms with E-state index in [1.54, 1.807) is 7.11 Å². The minimum atomic E-state index is 0.513. The number of hydrogen-bond acceptors (Lipinski definition) is 2. The van der Waals surface area contributed by atoms with Crippen LogP contribution in [0.15, 0.2) is 24.3 Å². The Morgan fingerprint density at radius 1 is 1.15 bits per heavy atom. The average Bonchev–Trinajstić information content (AvgIpc) is 2.49. The van der Waals surface area contributed by atoms with Crippen LogP contribution in [-0.2, 0) is 11.2 Å². The summed E-state index contributed by atoms with van der Waals surface area (Å²) in [6.45, 7) is 3.19. The highest BCUT2D eigenvalue weighted by Crippen LogP contribution is 2.36. The fourth-order valence-electron chi connectivity index (χ4n) is 3.41. The minimum absolute atomic E-state index is 0.513. The summed E-state index contributed by atoms with van der Waals surface area (Å²) in [5, 5.41) is 3.54. The summed E-state index contributed by atoms with van der Waals surface area (Å²) in [6, 6.07) is 9.61. The maximum Gasteiger partial charge on any atom is 0.0502 e. The fourth-order valence-corrected chi connectivity index (χ4v) is 3.41. The van der Waals surface area contributed by atoms with Gasteiger partial charge >= 0.3 is 0 Å². The molecule has 1 saturated carbocycles. The van der Waals surface area contributed by atoms with Crippen molar-refractivity contribution in [3.05, 3.63) is 35.4 Å². The maximum absolute atomic E-state index is 5.14. The van der Waals surface area contributed by atoms with Crippen molar-refractivity contribution in [3.8, 4) is 0 Å². The zero-order chi connectivity index (χ0) is 14.4. The first-order valence-electron chi connectivity index (χ1n) is 7.99. The van der Waals surface area contributed by atoms with Gasteiger partial charge in [-0.1, -0.05) is 44.0 Å². The summed E-state index contributed by atoms with van der Waals surface area (Å²) >= 11 is 0. The zero-order valence-electron chi connectivity index (χ0n) is 13.2. The summed E-state index contributed by atoms with van der Waals surface area (Å²) in [7, 11) is 3.86. The van der Waals surface area contributed by atoms with E-state index in [4.69, 9.17) is 4.74 Å². The molecule has 1 aliphatic rings. The molecule has 20 heavy (non-hydrogen) atoms. The van der Waals surface area contributed by atoms with Crippen molar-refractivity contribution in [3.63, 3.8) is 0 Å². The lowest BCUT2D eigenvalue weighted by molar-refractivity contribution is 0.202. The highest BCUT2D eigenvalue weighted by atomic mass is 16.5. The van der Waals surface area contributed by atoms with Crippen molar-refractivity contribution in [1.29, 1.82) is 0 Å². The van der Waals surface area contributed by atoms with Crippen molar-refractivity contribution < 1.29 is 4.74 Å². The predicted octanol–water partition coefficient (Wildman–Crippen LogP) is 3.96. The number of rotatable bonds is 6. The lowest BCUT2D eigenvalue weighted by Crippen LogP contribution is -2.28. The van der Waals surface area contributed by atoms with E-state index in [0.717, 1.165) is 24.9 Å². The molecular weight excluding hydrogens is 246 g/mol. The average molecular weight is 275 g/mol. The van der Waals surface area contributed by atoms with Gasteiger partial charge in [0.1, 0.15) is 0 Å². The van der Waals surface area contributed by atoms with E-state index in [9.17, 15) is 0 Å². The molecular formula is C18H29NO. The van der Waals surface area contributed by atoms with Crippen LogP contribution >= 0.6 is 0 Å². The third-order valence-electron chi connectivity index (χ3n) is 4.78. The summed E-state index contributed by atoms with van der Waals surface area (Å²) in [4.78, 5) is 0. The molecule has 0 aliphatic heterocycles. The van der Waals surface area contributed by atoms with E-state index in [2.05, 4.69) is 43.6 Å². The van der Waals surface area contributed by atoms with Crippen molar-refractivity contribution in [2.75, 3.05) is 20.8 Å². The first kappa shape index (κ1) is 15.5. The fraction of sp³-hybridized carbons (Fsp3) is 0.667. The van der Waals surface area contributed by atoms with Gasteiger partial charge in [-0.2, -0.15) is 0 Å². The van der Waals surface area contributed by atoms with E-state index in [-0.39, 0.29) is 0 Å². The van der Waals surface area contributed by atoms with Crippen LogP contribution < -0.4 is 5.32 Å². The molecule has 0 amide bonds. The molecule has 1 aromatic carbocycles. The number of benzene rings is 1. The molecule has 0 spiro atoms. The first-order chi connectivity index (χ1) is 9.74. The van der Waals surface area contributed by atoms with Crippen molar-refractivity contribution in [1.82, 2.24) is 5.32 Å². The third-order valence-corrected chi connectivity index (χ3v) is 4.78. The van der Waals surface area contributed by atoms with Gasteiger partial charge in [0.05, 0.1) is 6.61 Å². The molecule has 0 heterocycles. The van der Waals surface area contributed by atoms with Gasteiger partial charge in [-0.15, -0.1) is 0 Å². The number of ether oxygens (including phenoxy) is 1. The summed E-state index contributed by atoms with van der Waals surface area (Å²) in [5.41, 5.74) is 2.80. The normalized spacial score (nSPS) is 24.6. The molecule has 1 unspecified atom stereocenters. The molecule has 1 aliphatic carbocycles. The maximum atomic E-state index is 5.14. The number of hydrogen-bond donors (Lipinski definition) is 1. The van der Waals surface area contributed by atoms with E-state index < -0.39 is 0 Å². The molecule has 2 heteroatoms. The second-order valence-electron chi connectivity index (χ2n) is 6.27. The molecule has 112 valence electrons. The first-order valence-corrected chi connectivity index (χ1v) is 7.99.